The van der Waals surface area contributed by atoms with E-state index in [2.05, 4.69) is 29.3 Å². The minimum Gasteiger partial charge on any atom is -0.493 e. The number of nitrogens with one attached hydrogen (secondary N) is 1. The number of nitrogens with zero attached hydrogens (tertiary/aromatic N) is 2. The average Bonchev–Trinajstić information content (AvgIpc) is 3.17. The lowest BCUT2D eigenvalue weighted by Crippen LogP contribution is -2.44. The lowest BCUT2D eigenvalue weighted by Gasteiger charge is -2.32. The molecule has 25 heavy (non-hydrogen) atoms. The van der Waals surface area contributed by atoms with Gasteiger partial charge in [-0.05, 0) is 49.4 Å². The predicted octanol–water partition coefficient (Wildman–Crippen LogP) is 2.21. The molecule has 138 valence electrons. The van der Waals surface area contributed by atoms with Gasteiger partial charge >= 0.3 is 0 Å². The molecule has 0 bridgehead atoms. The number of methoxy groups -OCH3 is 2. The van der Waals surface area contributed by atoms with Crippen molar-refractivity contribution < 1.29 is 14.2 Å². The smallest absolute Gasteiger partial charge is 0.194 e. The van der Waals surface area contributed by atoms with Crippen molar-refractivity contribution in [2.45, 2.75) is 38.8 Å². The van der Waals surface area contributed by atoms with Crippen LogP contribution in [0.5, 0.6) is 11.5 Å². The molecule has 0 spiro atoms. The van der Waals surface area contributed by atoms with Gasteiger partial charge in [-0.1, -0.05) is 0 Å². The molecule has 1 N–H and O–H groups in total. The molecule has 1 fully saturated rings. The van der Waals surface area contributed by atoms with Gasteiger partial charge in [0.2, 0.25) is 0 Å². The SMILES string of the molecule is CCNC(=NCC1CCCO1)N1CCc2cc(OC)c(OC)cc2C1. The molecule has 0 aliphatic carbocycles. The number of hydrogen-bond donors (Lipinski definition) is 1. The van der Waals surface area contributed by atoms with Crippen molar-refractivity contribution in [1.82, 2.24) is 10.2 Å². The summed E-state index contributed by atoms with van der Waals surface area (Å²) in [6, 6.07) is 4.19. The van der Waals surface area contributed by atoms with Crippen LogP contribution >= 0.6 is 0 Å². The molecule has 6 nitrogen and oxygen atoms in total. The Labute approximate surface area is 150 Å². The van der Waals surface area contributed by atoms with Gasteiger partial charge in [0, 0.05) is 26.2 Å². The standard InChI is InChI=1S/C19H29N3O3/c1-4-20-19(21-12-16-6-5-9-25-16)22-8-7-14-10-17(23-2)18(24-3)11-15(14)13-22/h10-11,16H,4-9,12-13H2,1-3H3,(H,20,21). The number of fused-ring (bicyclic) bond motifs is 1. The summed E-state index contributed by atoms with van der Waals surface area (Å²) < 4.78 is 16.6. The molecular weight excluding hydrogens is 318 g/mol. The van der Waals surface area contributed by atoms with Crippen LogP contribution < -0.4 is 14.8 Å². The van der Waals surface area contributed by atoms with Crippen LogP contribution in [0.2, 0.25) is 0 Å². The third-order valence-corrected chi connectivity index (χ3v) is 4.82. The predicted molar refractivity (Wildman–Crippen MR) is 98.6 cm³/mol. The third-order valence-electron chi connectivity index (χ3n) is 4.82. The molecule has 1 unspecified atom stereocenters. The van der Waals surface area contributed by atoms with E-state index in [1.165, 1.54) is 11.1 Å². The monoisotopic (exact) mass is 347 g/mol. The van der Waals surface area contributed by atoms with Gasteiger partial charge in [-0.15, -0.1) is 0 Å². The Kier molecular flexibility index (Phi) is 6.02. The molecule has 0 saturated carbocycles. The maximum Gasteiger partial charge on any atom is 0.194 e. The molecule has 0 amide bonds. The minimum atomic E-state index is 0.273. The van der Waals surface area contributed by atoms with E-state index in [1.54, 1.807) is 14.2 Å². The van der Waals surface area contributed by atoms with Crippen LogP contribution in [0.4, 0.5) is 0 Å². The zero-order valence-corrected chi connectivity index (χ0v) is 15.5. The van der Waals surface area contributed by atoms with E-state index in [1.807, 2.05) is 0 Å². The zero-order valence-electron chi connectivity index (χ0n) is 15.5. The van der Waals surface area contributed by atoms with Crippen LogP contribution in [0.3, 0.4) is 0 Å². The average molecular weight is 347 g/mol. The van der Waals surface area contributed by atoms with Gasteiger partial charge in [0.25, 0.3) is 0 Å². The molecule has 3 rings (SSSR count). The maximum atomic E-state index is 5.70. The van der Waals surface area contributed by atoms with Crippen LogP contribution in [0.25, 0.3) is 0 Å². The summed E-state index contributed by atoms with van der Waals surface area (Å²) in [6.45, 7) is 6.34. The first-order chi connectivity index (χ1) is 12.2. The first-order valence-corrected chi connectivity index (χ1v) is 9.13. The van der Waals surface area contributed by atoms with Crippen molar-refractivity contribution in [3.8, 4) is 11.5 Å². The van der Waals surface area contributed by atoms with Gasteiger partial charge in [0.15, 0.2) is 17.5 Å². The Hall–Kier alpha value is -1.95. The lowest BCUT2D eigenvalue weighted by atomic mass is 9.99. The van der Waals surface area contributed by atoms with Gasteiger partial charge in [-0.25, -0.2) is 0 Å². The Balaban J connectivity index is 1.75. The summed E-state index contributed by atoms with van der Waals surface area (Å²) in [5.74, 6) is 2.55. The Bertz CT molecular complexity index is 612. The van der Waals surface area contributed by atoms with Crippen LogP contribution in [0, 0.1) is 0 Å². The molecule has 0 aromatic heterocycles. The normalized spacial score (nSPS) is 20.4. The quantitative estimate of drug-likeness (QED) is 0.654. The molecule has 0 radical (unpaired) electrons. The van der Waals surface area contributed by atoms with Gasteiger partial charge in [0.05, 0.1) is 26.9 Å². The summed E-state index contributed by atoms with van der Waals surface area (Å²) in [5, 5.41) is 3.42. The van der Waals surface area contributed by atoms with Crippen molar-refractivity contribution in [2.24, 2.45) is 4.99 Å². The van der Waals surface area contributed by atoms with Crippen LogP contribution in [-0.4, -0.2) is 57.4 Å². The van der Waals surface area contributed by atoms with Crippen molar-refractivity contribution in [3.05, 3.63) is 23.3 Å². The number of ether oxygens (including phenoxy) is 3. The van der Waals surface area contributed by atoms with E-state index >= 15 is 0 Å². The van der Waals surface area contributed by atoms with E-state index in [-0.39, 0.29) is 6.10 Å². The third kappa shape index (κ3) is 4.18. The fraction of sp³-hybridized carbons (Fsp3) is 0.632. The largest absolute Gasteiger partial charge is 0.493 e. The molecule has 1 atom stereocenters. The molecule has 2 aliphatic rings. The highest BCUT2D eigenvalue weighted by Gasteiger charge is 2.22. The van der Waals surface area contributed by atoms with Gasteiger partial charge in [-0.3, -0.25) is 4.99 Å². The van der Waals surface area contributed by atoms with E-state index < -0.39 is 0 Å². The zero-order chi connectivity index (χ0) is 17.6. The highest BCUT2D eigenvalue weighted by Crippen LogP contribution is 2.33. The summed E-state index contributed by atoms with van der Waals surface area (Å²) in [4.78, 5) is 7.13. The summed E-state index contributed by atoms with van der Waals surface area (Å²) >= 11 is 0. The number of benzene rings is 1. The van der Waals surface area contributed by atoms with Crippen molar-refractivity contribution in [1.29, 1.82) is 0 Å². The second-order valence-electron chi connectivity index (χ2n) is 6.48. The Morgan fingerprint density at radius 3 is 2.68 bits per heavy atom. The highest BCUT2D eigenvalue weighted by atomic mass is 16.5. The van der Waals surface area contributed by atoms with Crippen molar-refractivity contribution in [3.63, 3.8) is 0 Å². The van der Waals surface area contributed by atoms with Gasteiger partial charge in [0.1, 0.15) is 0 Å². The molecule has 2 heterocycles. The Morgan fingerprint density at radius 1 is 1.28 bits per heavy atom. The fourth-order valence-corrected chi connectivity index (χ4v) is 3.47. The second-order valence-corrected chi connectivity index (χ2v) is 6.48. The summed E-state index contributed by atoms with van der Waals surface area (Å²) in [5.41, 5.74) is 2.59. The van der Waals surface area contributed by atoms with E-state index in [4.69, 9.17) is 19.2 Å². The molecule has 2 aliphatic heterocycles. The van der Waals surface area contributed by atoms with Gasteiger partial charge < -0.3 is 24.4 Å². The molecule has 1 aromatic rings. The fourth-order valence-electron chi connectivity index (χ4n) is 3.47. The number of rotatable bonds is 5. The van der Waals surface area contributed by atoms with E-state index in [9.17, 15) is 0 Å². The molecular formula is C19H29N3O3. The second kappa shape index (κ2) is 8.43. The van der Waals surface area contributed by atoms with E-state index in [0.717, 1.165) is 69.5 Å². The van der Waals surface area contributed by atoms with E-state index in [0.29, 0.717) is 0 Å². The summed E-state index contributed by atoms with van der Waals surface area (Å²) in [6.07, 6.45) is 3.51. The van der Waals surface area contributed by atoms with Crippen molar-refractivity contribution in [2.75, 3.05) is 40.5 Å². The number of aliphatic imine (C=N–C) groups is 1. The first kappa shape index (κ1) is 17.9. The number of hydrogen-bond acceptors (Lipinski definition) is 4. The van der Waals surface area contributed by atoms with Crippen LogP contribution in [0.1, 0.15) is 30.9 Å². The van der Waals surface area contributed by atoms with Crippen molar-refractivity contribution >= 4 is 5.96 Å². The molecule has 1 saturated heterocycles. The van der Waals surface area contributed by atoms with Crippen LogP contribution in [0.15, 0.2) is 17.1 Å². The van der Waals surface area contributed by atoms with Crippen LogP contribution in [-0.2, 0) is 17.7 Å². The maximum absolute atomic E-state index is 5.70. The Morgan fingerprint density at radius 2 is 2.04 bits per heavy atom. The molecule has 6 heteroatoms. The van der Waals surface area contributed by atoms with Gasteiger partial charge in [-0.2, -0.15) is 0 Å². The molecule has 1 aromatic carbocycles. The summed E-state index contributed by atoms with van der Waals surface area (Å²) in [7, 11) is 3.36. The highest BCUT2D eigenvalue weighted by molar-refractivity contribution is 5.80. The first-order valence-electron chi connectivity index (χ1n) is 9.13. The minimum absolute atomic E-state index is 0.273. The number of guanidine groups is 1. The lowest BCUT2D eigenvalue weighted by molar-refractivity contribution is 0.117. The topological polar surface area (TPSA) is 55.3 Å².